The minimum Gasteiger partial charge on any atom is -0.472 e. The Morgan fingerprint density at radius 2 is 1.93 bits per heavy atom. The van der Waals surface area contributed by atoms with Crippen molar-refractivity contribution in [1.82, 2.24) is 10.2 Å². The van der Waals surface area contributed by atoms with Crippen molar-refractivity contribution in [3.05, 3.63) is 24.2 Å². The van der Waals surface area contributed by atoms with Gasteiger partial charge in [-0.3, -0.25) is 14.4 Å². The first-order chi connectivity index (χ1) is 13.1. The molecule has 4 rings (SSSR count). The number of ether oxygens (including phenoxy) is 1. The van der Waals surface area contributed by atoms with Gasteiger partial charge in [0, 0.05) is 6.54 Å². The minimum absolute atomic E-state index is 0. The summed E-state index contributed by atoms with van der Waals surface area (Å²) in [6, 6.07) is 0.470. The van der Waals surface area contributed by atoms with E-state index in [1.165, 1.54) is 31.8 Å². The number of nitrogens with one attached hydrogen (secondary N) is 1. The molecule has 3 heterocycles. The van der Waals surface area contributed by atoms with Crippen LogP contribution in [0, 0.1) is 5.92 Å². The van der Waals surface area contributed by atoms with Crippen molar-refractivity contribution >= 4 is 44.6 Å². The van der Waals surface area contributed by atoms with Gasteiger partial charge in [0.1, 0.15) is 25.0 Å². The zero-order valence-corrected chi connectivity index (χ0v) is 18.4. The lowest BCUT2D eigenvalue weighted by Gasteiger charge is -2.31. The van der Waals surface area contributed by atoms with Gasteiger partial charge in [-0.2, -0.15) is 27.0 Å². The summed E-state index contributed by atoms with van der Waals surface area (Å²) in [4.78, 5) is 39.6. The number of fused-ring (bicyclic) bond motifs is 1. The highest BCUT2D eigenvalue weighted by Crippen LogP contribution is 2.31. The molecule has 3 atom stereocenters. The number of nitrogens with zero attached hydrogens (tertiary/aromatic N) is 1. The van der Waals surface area contributed by atoms with E-state index in [9.17, 15) is 14.4 Å². The second-order valence-electron chi connectivity index (χ2n) is 7.86. The number of carbonyl (C=O) groups is 3. The van der Waals surface area contributed by atoms with E-state index in [0.717, 1.165) is 12.8 Å². The lowest BCUT2D eigenvalue weighted by atomic mass is 9.84. The van der Waals surface area contributed by atoms with Crippen LogP contribution in [0.5, 0.6) is 0 Å². The van der Waals surface area contributed by atoms with E-state index < -0.39 is 12.1 Å². The first-order valence-corrected chi connectivity index (χ1v) is 9.91. The molecule has 2 aliphatic heterocycles. The summed E-state index contributed by atoms with van der Waals surface area (Å²) in [6.45, 7) is 0.580. The smallest absolute Gasteiger partial charge is 0.255 e. The van der Waals surface area contributed by atoms with Crippen LogP contribution in [0.15, 0.2) is 23.0 Å². The SMILES string of the molecule is O=C(N[C@@H](CC1CCCCC1)C(=O)N1CC[C@H]2OCC(=O)[C@H]21)c1ccoc1.S.S. The van der Waals surface area contributed by atoms with Crippen molar-refractivity contribution < 1.29 is 23.5 Å². The Bertz CT molecular complexity index is 706. The highest BCUT2D eigenvalue weighted by molar-refractivity contribution is 7.59. The summed E-state index contributed by atoms with van der Waals surface area (Å²) < 4.78 is 10.5. The highest BCUT2D eigenvalue weighted by atomic mass is 32.1. The summed E-state index contributed by atoms with van der Waals surface area (Å²) in [5.74, 6) is -0.0962. The molecule has 2 amide bonds. The molecule has 3 fully saturated rings. The standard InChI is InChI=1S/C20H26N2O5.2H2S/c23-16-12-27-17-6-8-22(18(16)17)20(25)15(10-13-4-2-1-3-5-13)21-19(24)14-7-9-26-11-14;;/h7,9,11,13,15,17-18H,1-6,8,10,12H2,(H,21,24);2*1H2/t15-,17+,18+;;/m0../s1. The molecule has 3 aliphatic rings. The summed E-state index contributed by atoms with van der Waals surface area (Å²) >= 11 is 0. The monoisotopic (exact) mass is 442 g/mol. The third-order valence-corrected chi connectivity index (χ3v) is 6.08. The number of amides is 2. The Morgan fingerprint density at radius 1 is 1.17 bits per heavy atom. The van der Waals surface area contributed by atoms with E-state index in [0.29, 0.717) is 30.9 Å². The molecular weight excluding hydrogens is 412 g/mol. The van der Waals surface area contributed by atoms with Gasteiger partial charge < -0.3 is 19.4 Å². The van der Waals surface area contributed by atoms with Crippen LogP contribution in [0.25, 0.3) is 0 Å². The number of likely N-dealkylation sites (tertiary alicyclic amines) is 1. The summed E-state index contributed by atoms with van der Waals surface area (Å²) in [7, 11) is 0. The van der Waals surface area contributed by atoms with Crippen LogP contribution < -0.4 is 5.32 Å². The van der Waals surface area contributed by atoms with E-state index in [2.05, 4.69) is 5.32 Å². The number of furan rings is 1. The van der Waals surface area contributed by atoms with Gasteiger partial charge in [0.25, 0.3) is 5.91 Å². The average Bonchev–Trinajstić information content (AvgIpc) is 3.41. The van der Waals surface area contributed by atoms with Crippen LogP contribution >= 0.6 is 27.0 Å². The van der Waals surface area contributed by atoms with Crippen LogP contribution in [0.1, 0.15) is 55.3 Å². The Morgan fingerprint density at radius 3 is 2.62 bits per heavy atom. The second-order valence-corrected chi connectivity index (χ2v) is 7.86. The predicted molar refractivity (Wildman–Crippen MR) is 117 cm³/mol. The molecule has 1 aromatic rings. The maximum absolute atomic E-state index is 13.3. The molecule has 162 valence electrons. The van der Waals surface area contributed by atoms with Crippen LogP contribution in [0.2, 0.25) is 0 Å². The van der Waals surface area contributed by atoms with Gasteiger partial charge >= 0.3 is 0 Å². The van der Waals surface area contributed by atoms with Gasteiger partial charge in [0.15, 0.2) is 5.78 Å². The van der Waals surface area contributed by atoms with Crippen molar-refractivity contribution in [2.24, 2.45) is 5.92 Å². The first-order valence-electron chi connectivity index (χ1n) is 9.91. The van der Waals surface area contributed by atoms with Crippen molar-refractivity contribution in [2.45, 2.75) is 63.1 Å². The third-order valence-electron chi connectivity index (χ3n) is 6.08. The maximum atomic E-state index is 13.3. The lowest BCUT2D eigenvalue weighted by molar-refractivity contribution is -0.138. The van der Waals surface area contributed by atoms with Gasteiger partial charge in [-0.15, -0.1) is 0 Å². The molecular formula is C20H30N2O5S2. The Labute approximate surface area is 184 Å². The molecule has 0 unspecified atom stereocenters. The molecule has 1 N–H and O–H groups in total. The number of carbonyl (C=O) groups excluding carboxylic acids is 3. The number of rotatable bonds is 5. The van der Waals surface area contributed by atoms with Crippen LogP contribution in [-0.4, -0.2) is 53.8 Å². The third kappa shape index (κ3) is 5.19. The molecule has 0 aromatic carbocycles. The topological polar surface area (TPSA) is 88.9 Å². The molecule has 7 nitrogen and oxygen atoms in total. The molecule has 0 radical (unpaired) electrons. The summed E-state index contributed by atoms with van der Waals surface area (Å²) in [5, 5.41) is 2.90. The molecule has 1 saturated carbocycles. The van der Waals surface area contributed by atoms with Gasteiger partial charge in [0.2, 0.25) is 5.91 Å². The van der Waals surface area contributed by atoms with Crippen molar-refractivity contribution in [3.63, 3.8) is 0 Å². The number of Topliss-reactive ketones (excluding diaryl/α,β-unsaturated/α-hetero) is 1. The second kappa shape index (κ2) is 10.5. The van der Waals surface area contributed by atoms with Gasteiger partial charge in [-0.05, 0) is 24.8 Å². The average molecular weight is 443 g/mol. The van der Waals surface area contributed by atoms with Crippen LogP contribution in [-0.2, 0) is 14.3 Å². The van der Waals surface area contributed by atoms with Crippen molar-refractivity contribution in [2.75, 3.05) is 13.2 Å². The van der Waals surface area contributed by atoms with Gasteiger partial charge in [-0.1, -0.05) is 32.1 Å². The lowest BCUT2D eigenvalue weighted by Crippen LogP contribution is -2.52. The van der Waals surface area contributed by atoms with Crippen LogP contribution in [0.3, 0.4) is 0 Å². The molecule has 0 spiro atoms. The van der Waals surface area contributed by atoms with E-state index >= 15 is 0 Å². The van der Waals surface area contributed by atoms with Crippen LogP contribution in [0.4, 0.5) is 0 Å². The normalized spacial score (nSPS) is 25.0. The van der Waals surface area contributed by atoms with Crippen molar-refractivity contribution in [1.29, 1.82) is 0 Å². The summed E-state index contributed by atoms with van der Waals surface area (Å²) in [5.41, 5.74) is 0.399. The molecule has 29 heavy (non-hydrogen) atoms. The fraction of sp³-hybridized carbons (Fsp3) is 0.650. The Kier molecular flexibility index (Phi) is 8.66. The fourth-order valence-corrected chi connectivity index (χ4v) is 4.65. The summed E-state index contributed by atoms with van der Waals surface area (Å²) in [6.07, 6.45) is 9.64. The molecule has 1 aliphatic carbocycles. The molecule has 9 heteroatoms. The number of ketones is 1. The fourth-order valence-electron chi connectivity index (χ4n) is 4.65. The molecule has 0 bridgehead atoms. The van der Waals surface area contributed by atoms with E-state index in [4.69, 9.17) is 9.15 Å². The quantitative estimate of drug-likeness (QED) is 0.755. The Balaban J connectivity index is 0.00000150. The Hall–Kier alpha value is -1.45. The van der Waals surface area contributed by atoms with Gasteiger partial charge in [0.05, 0.1) is 17.9 Å². The zero-order chi connectivity index (χ0) is 18.8. The largest absolute Gasteiger partial charge is 0.472 e. The highest BCUT2D eigenvalue weighted by Gasteiger charge is 2.48. The molecule has 2 saturated heterocycles. The molecule has 1 aromatic heterocycles. The van der Waals surface area contributed by atoms with E-state index in [-0.39, 0.29) is 57.3 Å². The first kappa shape index (κ1) is 23.8. The zero-order valence-electron chi connectivity index (χ0n) is 16.4. The minimum atomic E-state index is -0.623. The predicted octanol–water partition coefficient (Wildman–Crippen LogP) is 2.14. The van der Waals surface area contributed by atoms with E-state index in [1.807, 2.05) is 0 Å². The van der Waals surface area contributed by atoms with E-state index in [1.54, 1.807) is 11.0 Å². The number of hydrogen-bond donors (Lipinski definition) is 1. The van der Waals surface area contributed by atoms with Crippen molar-refractivity contribution in [3.8, 4) is 0 Å². The van der Waals surface area contributed by atoms with Gasteiger partial charge in [-0.25, -0.2) is 0 Å². The number of hydrogen-bond acceptors (Lipinski definition) is 5. The maximum Gasteiger partial charge on any atom is 0.255 e.